The Morgan fingerprint density at radius 2 is 2.00 bits per heavy atom. The van der Waals surface area contributed by atoms with Crippen LogP contribution in [0.3, 0.4) is 0 Å². The van der Waals surface area contributed by atoms with Crippen molar-refractivity contribution >= 4 is 0 Å². The number of rotatable bonds is 7. The molecule has 0 aliphatic heterocycles. The second kappa shape index (κ2) is 7.30. The van der Waals surface area contributed by atoms with Crippen LogP contribution < -0.4 is 15.8 Å². The van der Waals surface area contributed by atoms with E-state index >= 15 is 0 Å². The summed E-state index contributed by atoms with van der Waals surface area (Å²) in [5, 5.41) is 3.38. The summed E-state index contributed by atoms with van der Waals surface area (Å²) in [5.74, 6) is 1.58. The Labute approximate surface area is 104 Å². The SMILES string of the molecule is COc1ccccc1CNCC(N)CC(C)C. The first-order chi connectivity index (χ1) is 8.13. The Morgan fingerprint density at radius 3 is 2.65 bits per heavy atom. The maximum atomic E-state index is 6.02. The van der Waals surface area contributed by atoms with E-state index < -0.39 is 0 Å². The van der Waals surface area contributed by atoms with Crippen LogP contribution in [0.2, 0.25) is 0 Å². The Hall–Kier alpha value is -1.06. The third-order valence-electron chi connectivity index (χ3n) is 2.69. The van der Waals surface area contributed by atoms with Crippen LogP contribution in [0.5, 0.6) is 5.75 Å². The smallest absolute Gasteiger partial charge is 0.123 e. The highest BCUT2D eigenvalue weighted by molar-refractivity contribution is 5.32. The van der Waals surface area contributed by atoms with Crippen molar-refractivity contribution < 1.29 is 4.74 Å². The minimum absolute atomic E-state index is 0.227. The molecule has 0 radical (unpaired) electrons. The fourth-order valence-corrected chi connectivity index (χ4v) is 1.93. The van der Waals surface area contributed by atoms with E-state index in [-0.39, 0.29) is 6.04 Å². The molecule has 1 aromatic carbocycles. The number of benzene rings is 1. The molecule has 0 fully saturated rings. The van der Waals surface area contributed by atoms with Crippen LogP contribution in [0.25, 0.3) is 0 Å². The van der Waals surface area contributed by atoms with Crippen molar-refractivity contribution in [2.24, 2.45) is 11.7 Å². The van der Waals surface area contributed by atoms with E-state index in [2.05, 4.69) is 25.2 Å². The van der Waals surface area contributed by atoms with E-state index in [9.17, 15) is 0 Å². The number of hydrogen-bond acceptors (Lipinski definition) is 3. The van der Waals surface area contributed by atoms with Gasteiger partial charge in [-0.3, -0.25) is 0 Å². The van der Waals surface area contributed by atoms with Gasteiger partial charge in [0.15, 0.2) is 0 Å². The van der Waals surface area contributed by atoms with Crippen molar-refractivity contribution in [1.82, 2.24) is 5.32 Å². The molecule has 1 atom stereocenters. The Morgan fingerprint density at radius 1 is 1.29 bits per heavy atom. The minimum atomic E-state index is 0.227. The second-order valence-corrected chi connectivity index (χ2v) is 4.83. The third kappa shape index (κ3) is 5.20. The van der Waals surface area contributed by atoms with Gasteiger partial charge in [-0.15, -0.1) is 0 Å². The quantitative estimate of drug-likeness (QED) is 0.762. The van der Waals surface area contributed by atoms with Crippen LogP contribution in [-0.4, -0.2) is 19.7 Å². The summed E-state index contributed by atoms with van der Waals surface area (Å²) in [5.41, 5.74) is 7.19. The topological polar surface area (TPSA) is 47.3 Å². The van der Waals surface area contributed by atoms with Gasteiger partial charge in [0.2, 0.25) is 0 Å². The predicted molar refractivity (Wildman–Crippen MR) is 72.1 cm³/mol. The zero-order valence-corrected chi connectivity index (χ0v) is 11.1. The number of ether oxygens (including phenoxy) is 1. The van der Waals surface area contributed by atoms with Gasteiger partial charge >= 0.3 is 0 Å². The number of methoxy groups -OCH3 is 1. The Balaban J connectivity index is 2.35. The first kappa shape index (κ1) is 14.0. The molecule has 0 amide bonds. The zero-order chi connectivity index (χ0) is 12.7. The van der Waals surface area contributed by atoms with E-state index in [1.807, 2.05) is 18.2 Å². The van der Waals surface area contributed by atoms with E-state index in [4.69, 9.17) is 10.5 Å². The van der Waals surface area contributed by atoms with Crippen LogP contribution >= 0.6 is 0 Å². The molecule has 96 valence electrons. The van der Waals surface area contributed by atoms with Crippen molar-refractivity contribution in [3.05, 3.63) is 29.8 Å². The lowest BCUT2D eigenvalue weighted by atomic mass is 10.0. The summed E-state index contributed by atoms with van der Waals surface area (Å²) in [7, 11) is 1.70. The predicted octanol–water partition coefficient (Wildman–Crippen LogP) is 2.16. The molecule has 0 aliphatic rings. The highest BCUT2D eigenvalue weighted by Crippen LogP contribution is 2.16. The van der Waals surface area contributed by atoms with Crippen LogP contribution in [0.1, 0.15) is 25.8 Å². The average molecular weight is 236 g/mol. The van der Waals surface area contributed by atoms with Gasteiger partial charge in [-0.1, -0.05) is 32.0 Å². The molecule has 0 saturated heterocycles. The maximum absolute atomic E-state index is 6.02. The molecule has 0 aromatic heterocycles. The molecule has 3 heteroatoms. The second-order valence-electron chi connectivity index (χ2n) is 4.83. The molecule has 3 nitrogen and oxygen atoms in total. The van der Waals surface area contributed by atoms with Crippen molar-refractivity contribution in [2.75, 3.05) is 13.7 Å². The monoisotopic (exact) mass is 236 g/mol. The number of hydrogen-bond donors (Lipinski definition) is 2. The van der Waals surface area contributed by atoms with Crippen molar-refractivity contribution in [2.45, 2.75) is 32.9 Å². The van der Waals surface area contributed by atoms with Crippen LogP contribution in [-0.2, 0) is 6.54 Å². The molecule has 17 heavy (non-hydrogen) atoms. The molecule has 0 heterocycles. The van der Waals surface area contributed by atoms with Crippen molar-refractivity contribution in [1.29, 1.82) is 0 Å². The van der Waals surface area contributed by atoms with Gasteiger partial charge in [0.1, 0.15) is 5.75 Å². The van der Waals surface area contributed by atoms with E-state index in [1.165, 1.54) is 5.56 Å². The highest BCUT2D eigenvalue weighted by atomic mass is 16.5. The normalized spacial score (nSPS) is 12.8. The van der Waals surface area contributed by atoms with Crippen LogP contribution in [0.15, 0.2) is 24.3 Å². The van der Waals surface area contributed by atoms with Crippen LogP contribution in [0, 0.1) is 5.92 Å². The van der Waals surface area contributed by atoms with E-state index in [1.54, 1.807) is 7.11 Å². The molecule has 1 aromatic rings. The fourth-order valence-electron chi connectivity index (χ4n) is 1.93. The average Bonchev–Trinajstić information content (AvgIpc) is 2.28. The first-order valence-electron chi connectivity index (χ1n) is 6.21. The van der Waals surface area contributed by atoms with Gasteiger partial charge in [0, 0.05) is 24.7 Å². The standard InChI is InChI=1S/C14H24N2O/c1-11(2)8-13(15)10-16-9-12-6-4-5-7-14(12)17-3/h4-7,11,13,16H,8-10,15H2,1-3H3. The maximum Gasteiger partial charge on any atom is 0.123 e. The first-order valence-corrected chi connectivity index (χ1v) is 6.21. The molecule has 0 bridgehead atoms. The largest absolute Gasteiger partial charge is 0.496 e. The van der Waals surface area contributed by atoms with Gasteiger partial charge in [0.25, 0.3) is 0 Å². The molecular weight excluding hydrogens is 212 g/mol. The summed E-state index contributed by atoms with van der Waals surface area (Å²) in [4.78, 5) is 0. The Bertz CT molecular complexity index is 326. The summed E-state index contributed by atoms with van der Waals surface area (Å²) in [6.07, 6.45) is 1.05. The van der Waals surface area contributed by atoms with Gasteiger partial charge in [-0.05, 0) is 18.4 Å². The number of para-hydroxylation sites is 1. The van der Waals surface area contributed by atoms with Gasteiger partial charge in [0.05, 0.1) is 7.11 Å². The third-order valence-corrected chi connectivity index (χ3v) is 2.69. The number of nitrogens with one attached hydrogen (secondary N) is 1. The van der Waals surface area contributed by atoms with E-state index in [0.29, 0.717) is 5.92 Å². The van der Waals surface area contributed by atoms with Gasteiger partial charge in [-0.25, -0.2) is 0 Å². The molecule has 1 unspecified atom stereocenters. The van der Waals surface area contributed by atoms with E-state index in [0.717, 1.165) is 25.3 Å². The summed E-state index contributed by atoms with van der Waals surface area (Å²) < 4.78 is 5.30. The lowest BCUT2D eigenvalue weighted by molar-refractivity contribution is 0.405. The minimum Gasteiger partial charge on any atom is -0.496 e. The molecule has 1 rings (SSSR count). The lowest BCUT2D eigenvalue weighted by Gasteiger charge is -2.15. The van der Waals surface area contributed by atoms with Gasteiger partial charge in [-0.2, -0.15) is 0 Å². The zero-order valence-electron chi connectivity index (χ0n) is 11.1. The molecule has 3 N–H and O–H groups in total. The molecular formula is C14H24N2O. The summed E-state index contributed by atoms with van der Waals surface area (Å²) in [6, 6.07) is 8.27. The number of nitrogens with two attached hydrogens (primary N) is 1. The Kier molecular flexibility index (Phi) is 6.01. The van der Waals surface area contributed by atoms with Gasteiger partial charge < -0.3 is 15.8 Å². The highest BCUT2D eigenvalue weighted by Gasteiger charge is 2.06. The summed E-state index contributed by atoms with van der Waals surface area (Å²) >= 11 is 0. The van der Waals surface area contributed by atoms with Crippen LogP contribution in [0.4, 0.5) is 0 Å². The molecule has 0 aliphatic carbocycles. The lowest BCUT2D eigenvalue weighted by Crippen LogP contribution is -2.34. The molecule has 0 spiro atoms. The fraction of sp³-hybridized carbons (Fsp3) is 0.571. The summed E-state index contributed by atoms with van der Waals surface area (Å²) in [6.45, 7) is 6.03. The van der Waals surface area contributed by atoms with Crippen molar-refractivity contribution in [3.63, 3.8) is 0 Å². The van der Waals surface area contributed by atoms with Crippen molar-refractivity contribution in [3.8, 4) is 5.75 Å². The molecule has 0 saturated carbocycles.